The number of para-hydroxylation sites is 1. The highest BCUT2D eigenvalue weighted by molar-refractivity contribution is 6.11. The zero-order valence-corrected chi connectivity index (χ0v) is 19.7. The quantitative estimate of drug-likeness (QED) is 0.390. The first-order valence-corrected chi connectivity index (χ1v) is 11.4. The van der Waals surface area contributed by atoms with Crippen LogP contribution in [-0.2, 0) is 10.9 Å². The summed E-state index contributed by atoms with van der Waals surface area (Å²) in [4.78, 5) is 26.4. The maximum absolute atomic E-state index is 14.0. The lowest BCUT2D eigenvalue weighted by Gasteiger charge is -2.39. The Balaban J connectivity index is 1.57. The first-order valence-electron chi connectivity index (χ1n) is 11.4. The molecule has 1 aliphatic rings. The van der Waals surface area contributed by atoms with Crippen LogP contribution in [0.3, 0.4) is 0 Å². The van der Waals surface area contributed by atoms with Gasteiger partial charge in [-0.3, -0.25) is 4.79 Å². The smallest absolute Gasteiger partial charge is 0.372 e. The van der Waals surface area contributed by atoms with Crippen LogP contribution in [-0.4, -0.2) is 46.2 Å². The van der Waals surface area contributed by atoms with Crippen LogP contribution in [0.15, 0.2) is 60.8 Å². The lowest BCUT2D eigenvalue weighted by molar-refractivity contribution is -0.137. The van der Waals surface area contributed by atoms with Crippen molar-refractivity contribution in [2.24, 2.45) is 0 Å². The van der Waals surface area contributed by atoms with E-state index in [1.165, 1.54) is 12.1 Å². The summed E-state index contributed by atoms with van der Waals surface area (Å²) >= 11 is 0. The van der Waals surface area contributed by atoms with Crippen molar-refractivity contribution in [3.63, 3.8) is 0 Å². The van der Waals surface area contributed by atoms with Gasteiger partial charge >= 0.3 is 6.18 Å². The van der Waals surface area contributed by atoms with E-state index in [0.29, 0.717) is 36.7 Å². The number of benzene rings is 2. The maximum Gasteiger partial charge on any atom is 0.417 e. The number of imidazole rings is 1. The molecule has 4 aromatic rings. The Morgan fingerprint density at radius 3 is 2.69 bits per heavy atom. The van der Waals surface area contributed by atoms with Gasteiger partial charge in [-0.15, -0.1) is 0 Å². The number of aromatic amines is 1. The number of aromatic nitrogens is 3. The van der Waals surface area contributed by atoms with Crippen LogP contribution >= 0.6 is 0 Å². The highest BCUT2D eigenvalue weighted by atomic mass is 19.4. The van der Waals surface area contributed by atoms with Gasteiger partial charge in [0.1, 0.15) is 17.2 Å². The molecule has 186 valence electrons. The Hall–Kier alpha value is -3.92. The number of halogens is 3. The van der Waals surface area contributed by atoms with Gasteiger partial charge in [-0.1, -0.05) is 12.1 Å². The molecule has 1 fully saturated rings. The van der Waals surface area contributed by atoms with E-state index in [1.807, 2.05) is 18.7 Å². The second kappa shape index (κ2) is 8.94. The number of ether oxygens (including phenoxy) is 1. The standard InChI is InChI=1S/C26H24F3N5O2/c1-25(2)15-34(12-13-36-25)16-9-10-19(26(27,28)29)18(14-16)23-31-20-7-5-6-17(22(20)33-23)24(35)32-21-8-3-4-11-30-21/h3-11,14H,12-13,15H2,1-2H3,(H,31,33)(H,30,32,35). The van der Waals surface area contributed by atoms with Gasteiger partial charge in [-0.05, 0) is 56.3 Å². The molecule has 0 aliphatic carbocycles. The van der Waals surface area contributed by atoms with Crippen LogP contribution < -0.4 is 10.2 Å². The van der Waals surface area contributed by atoms with Gasteiger partial charge in [-0.25, -0.2) is 9.97 Å². The van der Waals surface area contributed by atoms with Gasteiger partial charge in [0.2, 0.25) is 0 Å². The van der Waals surface area contributed by atoms with E-state index in [-0.39, 0.29) is 22.5 Å². The van der Waals surface area contributed by atoms with E-state index in [1.54, 1.807) is 42.6 Å². The largest absolute Gasteiger partial charge is 0.417 e. The number of amides is 1. The SMILES string of the molecule is CC1(C)CN(c2ccc(C(F)(F)F)c(-c3nc4c(C(=O)Nc5ccccn5)cccc4[nH]3)c2)CCO1. The molecular weight excluding hydrogens is 471 g/mol. The van der Waals surface area contributed by atoms with Crippen LogP contribution in [0.1, 0.15) is 29.8 Å². The van der Waals surface area contributed by atoms with Crippen LogP contribution in [0.5, 0.6) is 0 Å². The molecule has 3 heterocycles. The molecule has 0 spiro atoms. The summed E-state index contributed by atoms with van der Waals surface area (Å²) in [5.74, 6) is -0.0711. The van der Waals surface area contributed by atoms with E-state index >= 15 is 0 Å². The zero-order chi connectivity index (χ0) is 25.5. The fraction of sp³-hybridized carbons (Fsp3) is 0.269. The van der Waals surface area contributed by atoms with Gasteiger partial charge in [0.05, 0.1) is 28.9 Å². The zero-order valence-electron chi connectivity index (χ0n) is 19.7. The van der Waals surface area contributed by atoms with Crippen LogP contribution in [0.4, 0.5) is 24.7 Å². The number of hydrogen-bond acceptors (Lipinski definition) is 5. The molecule has 36 heavy (non-hydrogen) atoms. The lowest BCUT2D eigenvalue weighted by Crippen LogP contribution is -2.48. The van der Waals surface area contributed by atoms with Gasteiger partial charge < -0.3 is 19.9 Å². The number of rotatable bonds is 4. The number of morpholine rings is 1. The Kier molecular flexibility index (Phi) is 5.91. The van der Waals surface area contributed by atoms with Crippen LogP contribution in [0.25, 0.3) is 22.4 Å². The van der Waals surface area contributed by atoms with Crippen molar-refractivity contribution >= 4 is 28.4 Å². The van der Waals surface area contributed by atoms with E-state index in [9.17, 15) is 18.0 Å². The summed E-state index contributed by atoms with van der Waals surface area (Å²) < 4.78 is 47.7. The second-order valence-electron chi connectivity index (χ2n) is 9.21. The van der Waals surface area contributed by atoms with Crippen LogP contribution in [0, 0.1) is 0 Å². The number of fused-ring (bicyclic) bond motifs is 1. The molecule has 5 rings (SSSR count). The Bertz CT molecular complexity index is 1420. The van der Waals surface area contributed by atoms with E-state index in [2.05, 4.69) is 20.3 Å². The van der Waals surface area contributed by atoms with Gasteiger partial charge in [0.15, 0.2) is 0 Å². The average molecular weight is 496 g/mol. The third kappa shape index (κ3) is 4.76. The van der Waals surface area contributed by atoms with Crippen LogP contribution in [0.2, 0.25) is 0 Å². The number of pyridine rings is 1. The predicted octanol–water partition coefficient (Wildman–Crippen LogP) is 5.51. The molecular formula is C26H24F3N5O2. The monoisotopic (exact) mass is 495 g/mol. The van der Waals surface area contributed by atoms with Gasteiger partial charge in [-0.2, -0.15) is 13.2 Å². The number of H-pyrrole nitrogens is 1. The highest BCUT2D eigenvalue weighted by Crippen LogP contribution is 2.39. The molecule has 10 heteroatoms. The Morgan fingerprint density at radius 1 is 1.14 bits per heavy atom. The number of hydrogen-bond donors (Lipinski definition) is 2. The third-order valence-corrected chi connectivity index (χ3v) is 6.02. The number of carbonyl (C=O) groups excluding carboxylic acids is 1. The van der Waals surface area contributed by atoms with Crippen molar-refractivity contribution in [2.45, 2.75) is 25.6 Å². The normalized spacial score (nSPS) is 15.8. The summed E-state index contributed by atoms with van der Waals surface area (Å²) in [6.07, 6.45) is -3.04. The molecule has 0 saturated carbocycles. The topological polar surface area (TPSA) is 83.1 Å². The average Bonchev–Trinajstić information content (AvgIpc) is 3.27. The predicted molar refractivity (Wildman–Crippen MR) is 131 cm³/mol. The Labute approximate surface area is 205 Å². The number of carbonyl (C=O) groups is 1. The molecule has 1 amide bonds. The summed E-state index contributed by atoms with van der Waals surface area (Å²) in [6.45, 7) is 5.46. The minimum atomic E-state index is -4.59. The van der Waals surface area contributed by atoms with E-state index < -0.39 is 23.2 Å². The van der Waals surface area contributed by atoms with Gasteiger partial charge in [0.25, 0.3) is 5.91 Å². The minimum Gasteiger partial charge on any atom is -0.372 e. The van der Waals surface area contributed by atoms with Gasteiger partial charge in [0, 0.05) is 30.5 Å². The van der Waals surface area contributed by atoms with Crippen molar-refractivity contribution < 1.29 is 22.7 Å². The molecule has 0 atom stereocenters. The van der Waals surface area contributed by atoms with Crippen molar-refractivity contribution in [1.29, 1.82) is 0 Å². The number of anilines is 2. The molecule has 0 bridgehead atoms. The first-order chi connectivity index (χ1) is 17.1. The minimum absolute atomic E-state index is 0.0322. The molecule has 2 aromatic heterocycles. The summed E-state index contributed by atoms with van der Waals surface area (Å²) in [7, 11) is 0. The molecule has 2 N–H and O–H groups in total. The molecule has 1 saturated heterocycles. The summed E-state index contributed by atoms with van der Waals surface area (Å²) in [5.41, 5.74) is 0.268. The van der Waals surface area contributed by atoms with E-state index in [0.717, 1.165) is 6.07 Å². The molecule has 0 radical (unpaired) electrons. The fourth-order valence-corrected chi connectivity index (χ4v) is 4.37. The van der Waals surface area contributed by atoms with Crippen molar-refractivity contribution in [2.75, 3.05) is 29.9 Å². The van der Waals surface area contributed by atoms with Crippen molar-refractivity contribution in [3.05, 3.63) is 71.9 Å². The number of alkyl halides is 3. The molecule has 7 nitrogen and oxygen atoms in total. The molecule has 2 aromatic carbocycles. The maximum atomic E-state index is 14.0. The number of nitrogens with zero attached hydrogens (tertiary/aromatic N) is 3. The third-order valence-electron chi connectivity index (χ3n) is 6.02. The Morgan fingerprint density at radius 2 is 1.97 bits per heavy atom. The number of nitrogens with one attached hydrogen (secondary N) is 2. The first kappa shape index (κ1) is 23.8. The lowest BCUT2D eigenvalue weighted by atomic mass is 10.0. The summed E-state index contributed by atoms with van der Waals surface area (Å²) in [5, 5.41) is 2.69. The fourth-order valence-electron chi connectivity index (χ4n) is 4.37. The van der Waals surface area contributed by atoms with Crippen molar-refractivity contribution in [1.82, 2.24) is 15.0 Å². The molecule has 1 aliphatic heterocycles. The second-order valence-corrected chi connectivity index (χ2v) is 9.21. The van der Waals surface area contributed by atoms with E-state index in [4.69, 9.17) is 4.74 Å². The highest BCUT2D eigenvalue weighted by Gasteiger charge is 2.36. The summed E-state index contributed by atoms with van der Waals surface area (Å²) in [6, 6.07) is 14.0. The molecule has 0 unspecified atom stereocenters. The van der Waals surface area contributed by atoms with Crippen molar-refractivity contribution in [3.8, 4) is 11.4 Å².